The summed E-state index contributed by atoms with van der Waals surface area (Å²) in [5, 5.41) is 6.38. The summed E-state index contributed by atoms with van der Waals surface area (Å²) in [5.41, 5.74) is 1.27. The van der Waals surface area contributed by atoms with Crippen LogP contribution in [0.25, 0.3) is 0 Å². The molecule has 1 aromatic carbocycles. The van der Waals surface area contributed by atoms with Gasteiger partial charge in [0.2, 0.25) is 10.0 Å². The van der Waals surface area contributed by atoms with Crippen molar-refractivity contribution in [3.63, 3.8) is 0 Å². The van der Waals surface area contributed by atoms with Crippen LogP contribution >= 0.6 is 0 Å². The van der Waals surface area contributed by atoms with Crippen LogP contribution < -0.4 is 10.0 Å². The molecule has 0 radical (unpaired) electrons. The van der Waals surface area contributed by atoms with E-state index in [1.54, 1.807) is 0 Å². The molecule has 0 aromatic heterocycles. The van der Waals surface area contributed by atoms with E-state index in [1.807, 2.05) is 30.3 Å². The van der Waals surface area contributed by atoms with Crippen LogP contribution in [0.5, 0.6) is 0 Å². The van der Waals surface area contributed by atoms with Crippen molar-refractivity contribution in [3.05, 3.63) is 35.9 Å². The number of nitrogens with zero attached hydrogens (tertiary/aromatic N) is 1. The minimum Gasteiger partial charge on any atom is -0.387 e. The number of oxime groups is 1. The zero-order chi connectivity index (χ0) is 15.3. The van der Waals surface area contributed by atoms with E-state index in [4.69, 9.17) is 4.84 Å². The second-order valence-electron chi connectivity index (χ2n) is 4.67. The van der Waals surface area contributed by atoms with Crippen LogP contribution in [-0.2, 0) is 19.7 Å². The summed E-state index contributed by atoms with van der Waals surface area (Å²) in [6.07, 6.45) is 1.21. The number of benzene rings is 1. The number of nitrogens with one attached hydrogen (secondary N) is 2. The zero-order valence-electron chi connectivity index (χ0n) is 11.6. The molecule has 1 aliphatic rings. The molecule has 0 fully saturated rings. The van der Waals surface area contributed by atoms with Gasteiger partial charge in [0.25, 0.3) is 5.91 Å². The molecule has 2 N–H and O–H groups in total. The highest BCUT2D eigenvalue weighted by Crippen LogP contribution is 2.26. The van der Waals surface area contributed by atoms with Crippen molar-refractivity contribution in [1.29, 1.82) is 0 Å². The largest absolute Gasteiger partial charge is 0.387 e. The van der Waals surface area contributed by atoms with Crippen LogP contribution in [0, 0.1) is 0 Å². The minimum absolute atomic E-state index is 0.140. The summed E-state index contributed by atoms with van der Waals surface area (Å²) in [5.74, 6) is -0.344. The van der Waals surface area contributed by atoms with Crippen molar-refractivity contribution in [2.75, 3.05) is 19.3 Å². The predicted molar refractivity (Wildman–Crippen MR) is 78.2 cm³/mol. The average molecular weight is 311 g/mol. The standard InChI is InChI=1S/C13H17N3O4S/c1-21(18,19)15-8-7-14-13(17)11-9-12(20-16-11)10-5-3-2-4-6-10/h2-6,12,15H,7-9H2,1H3,(H,14,17)/t12-/m0/s1. The van der Waals surface area contributed by atoms with E-state index in [2.05, 4.69) is 15.2 Å². The van der Waals surface area contributed by atoms with Crippen molar-refractivity contribution in [3.8, 4) is 0 Å². The molecule has 1 heterocycles. The topological polar surface area (TPSA) is 96.9 Å². The molecular weight excluding hydrogens is 294 g/mol. The van der Waals surface area contributed by atoms with Gasteiger partial charge in [-0.3, -0.25) is 4.79 Å². The molecule has 0 saturated carbocycles. The van der Waals surface area contributed by atoms with E-state index < -0.39 is 10.0 Å². The van der Waals surface area contributed by atoms with E-state index >= 15 is 0 Å². The predicted octanol–water partition coefficient (Wildman–Crippen LogP) is 0.169. The Hall–Kier alpha value is -1.93. The van der Waals surface area contributed by atoms with Gasteiger partial charge in [-0.1, -0.05) is 35.5 Å². The normalized spacial score (nSPS) is 18.0. The summed E-state index contributed by atoms with van der Waals surface area (Å²) in [7, 11) is -3.24. The smallest absolute Gasteiger partial charge is 0.269 e. The van der Waals surface area contributed by atoms with Crippen molar-refractivity contribution < 1.29 is 18.0 Å². The molecule has 0 bridgehead atoms. The number of hydrogen-bond donors (Lipinski definition) is 2. The fourth-order valence-corrected chi connectivity index (χ4v) is 2.35. The molecular formula is C13H17N3O4S. The van der Waals surface area contributed by atoms with Gasteiger partial charge in [-0.2, -0.15) is 0 Å². The molecule has 1 aromatic rings. The van der Waals surface area contributed by atoms with Gasteiger partial charge in [0.15, 0.2) is 6.10 Å². The molecule has 1 atom stereocenters. The molecule has 0 unspecified atom stereocenters. The Kier molecular flexibility index (Phi) is 4.92. The second kappa shape index (κ2) is 6.68. The Morgan fingerprint density at radius 3 is 2.71 bits per heavy atom. The number of carbonyl (C=O) groups excluding carboxylic acids is 1. The van der Waals surface area contributed by atoms with Crippen LogP contribution in [0.4, 0.5) is 0 Å². The molecule has 0 spiro atoms. The number of sulfonamides is 1. The van der Waals surface area contributed by atoms with Crippen LogP contribution in [0.1, 0.15) is 18.1 Å². The summed E-state index contributed by atoms with van der Waals surface area (Å²) in [6, 6.07) is 9.52. The summed E-state index contributed by atoms with van der Waals surface area (Å²) in [6.45, 7) is 0.335. The first-order chi connectivity index (χ1) is 9.96. The third kappa shape index (κ3) is 4.83. The van der Waals surface area contributed by atoms with Crippen molar-refractivity contribution in [2.24, 2.45) is 5.16 Å². The third-order valence-corrected chi connectivity index (χ3v) is 3.61. The van der Waals surface area contributed by atoms with Gasteiger partial charge in [-0.05, 0) is 5.56 Å². The van der Waals surface area contributed by atoms with Gasteiger partial charge in [-0.25, -0.2) is 13.1 Å². The van der Waals surface area contributed by atoms with Crippen LogP contribution in [0.3, 0.4) is 0 Å². The number of rotatable bonds is 6. The van der Waals surface area contributed by atoms with Crippen molar-refractivity contribution >= 4 is 21.6 Å². The van der Waals surface area contributed by atoms with E-state index in [1.165, 1.54) is 0 Å². The molecule has 1 aliphatic heterocycles. The fraction of sp³-hybridized carbons (Fsp3) is 0.385. The maximum Gasteiger partial charge on any atom is 0.269 e. The van der Waals surface area contributed by atoms with E-state index in [0.29, 0.717) is 12.1 Å². The van der Waals surface area contributed by atoms with E-state index in [-0.39, 0.29) is 25.1 Å². The summed E-state index contributed by atoms with van der Waals surface area (Å²) >= 11 is 0. The molecule has 2 rings (SSSR count). The minimum atomic E-state index is -3.24. The van der Waals surface area contributed by atoms with Crippen molar-refractivity contribution in [2.45, 2.75) is 12.5 Å². The molecule has 0 saturated heterocycles. The number of amides is 1. The number of carbonyl (C=O) groups is 1. The van der Waals surface area contributed by atoms with Gasteiger partial charge in [0.05, 0.1) is 6.26 Å². The molecule has 8 heteroatoms. The Morgan fingerprint density at radius 1 is 1.33 bits per heavy atom. The second-order valence-corrected chi connectivity index (χ2v) is 6.50. The summed E-state index contributed by atoms with van der Waals surface area (Å²) in [4.78, 5) is 17.1. The lowest BCUT2D eigenvalue weighted by atomic mass is 10.0. The highest BCUT2D eigenvalue weighted by atomic mass is 32.2. The molecule has 7 nitrogen and oxygen atoms in total. The molecule has 0 aliphatic carbocycles. The first-order valence-electron chi connectivity index (χ1n) is 6.46. The maximum absolute atomic E-state index is 11.8. The SMILES string of the molecule is CS(=O)(=O)NCCNC(=O)C1=NO[C@H](c2ccccc2)C1. The Bertz CT molecular complexity index is 628. The lowest BCUT2D eigenvalue weighted by Crippen LogP contribution is -2.37. The van der Waals surface area contributed by atoms with Crippen LogP contribution in [-0.4, -0.2) is 39.4 Å². The van der Waals surface area contributed by atoms with E-state index in [0.717, 1.165) is 11.8 Å². The maximum atomic E-state index is 11.8. The quantitative estimate of drug-likeness (QED) is 0.732. The van der Waals surface area contributed by atoms with Gasteiger partial charge in [-0.15, -0.1) is 0 Å². The monoisotopic (exact) mass is 311 g/mol. The third-order valence-electron chi connectivity index (χ3n) is 2.88. The lowest BCUT2D eigenvalue weighted by Gasteiger charge is -2.07. The molecule has 21 heavy (non-hydrogen) atoms. The van der Waals surface area contributed by atoms with Crippen molar-refractivity contribution in [1.82, 2.24) is 10.0 Å². The van der Waals surface area contributed by atoms with Crippen LogP contribution in [0.15, 0.2) is 35.5 Å². The zero-order valence-corrected chi connectivity index (χ0v) is 12.4. The molecule has 1 amide bonds. The Morgan fingerprint density at radius 2 is 2.05 bits per heavy atom. The van der Waals surface area contributed by atoms with E-state index in [9.17, 15) is 13.2 Å². The highest BCUT2D eigenvalue weighted by molar-refractivity contribution is 7.88. The van der Waals surface area contributed by atoms with Gasteiger partial charge in [0.1, 0.15) is 5.71 Å². The fourth-order valence-electron chi connectivity index (χ4n) is 1.87. The average Bonchev–Trinajstić information content (AvgIpc) is 2.93. The van der Waals surface area contributed by atoms with Gasteiger partial charge in [0, 0.05) is 19.5 Å². The highest BCUT2D eigenvalue weighted by Gasteiger charge is 2.26. The lowest BCUT2D eigenvalue weighted by molar-refractivity contribution is -0.114. The first kappa shape index (κ1) is 15.5. The van der Waals surface area contributed by atoms with Gasteiger partial charge >= 0.3 is 0 Å². The Labute approximate surface area is 123 Å². The van der Waals surface area contributed by atoms with Crippen LogP contribution in [0.2, 0.25) is 0 Å². The number of hydrogen-bond acceptors (Lipinski definition) is 5. The first-order valence-corrected chi connectivity index (χ1v) is 8.35. The van der Waals surface area contributed by atoms with Gasteiger partial charge < -0.3 is 10.2 Å². The Balaban J connectivity index is 1.77. The summed E-state index contributed by atoms with van der Waals surface area (Å²) < 4.78 is 24.0. The molecule has 114 valence electrons.